The van der Waals surface area contributed by atoms with Crippen LogP contribution in [0.25, 0.3) is 0 Å². The maximum Gasteiger partial charge on any atom is 0.337 e. The van der Waals surface area contributed by atoms with Gasteiger partial charge in [0.15, 0.2) is 0 Å². The van der Waals surface area contributed by atoms with E-state index < -0.39 is 5.97 Å². The molecular formula is C17H24ClN3O3. The number of benzene rings is 1. The molecule has 2 rings (SSSR count). The molecule has 1 amide bonds. The summed E-state index contributed by atoms with van der Waals surface area (Å²) < 4.78 is 0. The Morgan fingerprint density at radius 3 is 2.75 bits per heavy atom. The standard InChI is InChI=1S/C17H24ClN3O3/c1-20(2)13-4-3-8-21(9-7-13)11-16(22)19-12-5-6-15(18)14(10-12)17(23)24/h5-6,10,13H,3-4,7-9,11H2,1-2H3,(H,19,22)(H,23,24)/t13-/m1/s1. The number of aromatic carboxylic acids is 1. The summed E-state index contributed by atoms with van der Waals surface area (Å²) in [5.74, 6) is -1.25. The molecule has 24 heavy (non-hydrogen) atoms. The van der Waals surface area contributed by atoms with Crippen LogP contribution in [0.1, 0.15) is 29.6 Å². The van der Waals surface area contributed by atoms with Crippen LogP contribution in [0.2, 0.25) is 5.02 Å². The second-order valence-electron chi connectivity index (χ2n) is 6.37. The number of nitrogens with one attached hydrogen (secondary N) is 1. The van der Waals surface area contributed by atoms with Gasteiger partial charge in [0.1, 0.15) is 0 Å². The quantitative estimate of drug-likeness (QED) is 0.850. The van der Waals surface area contributed by atoms with Gasteiger partial charge in [-0.25, -0.2) is 4.79 Å². The number of hydrogen-bond donors (Lipinski definition) is 2. The Kier molecular flexibility index (Phi) is 6.60. The first-order valence-corrected chi connectivity index (χ1v) is 8.46. The Morgan fingerprint density at radius 1 is 1.33 bits per heavy atom. The molecule has 0 aromatic heterocycles. The van der Waals surface area contributed by atoms with Crippen molar-refractivity contribution in [1.82, 2.24) is 9.80 Å². The van der Waals surface area contributed by atoms with Gasteiger partial charge in [0.2, 0.25) is 5.91 Å². The molecule has 1 aliphatic heterocycles. The van der Waals surface area contributed by atoms with Crippen molar-refractivity contribution in [1.29, 1.82) is 0 Å². The molecule has 1 heterocycles. The van der Waals surface area contributed by atoms with E-state index in [0.29, 0.717) is 18.3 Å². The van der Waals surface area contributed by atoms with Gasteiger partial charge in [-0.05, 0) is 58.1 Å². The van der Waals surface area contributed by atoms with E-state index in [4.69, 9.17) is 16.7 Å². The lowest BCUT2D eigenvalue weighted by Gasteiger charge is -2.23. The molecule has 1 atom stereocenters. The second kappa shape index (κ2) is 8.46. The van der Waals surface area contributed by atoms with Crippen molar-refractivity contribution in [3.63, 3.8) is 0 Å². The zero-order valence-electron chi connectivity index (χ0n) is 14.1. The Morgan fingerprint density at radius 2 is 2.08 bits per heavy atom. The zero-order valence-corrected chi connectivity index (χ0v) is 14.8. The SMILES string of the molecule is CN(C)[C@@H]1CCCN(CC(=O)Nc2ccc(Cl)c(C(=O)O)c2)CC1. The van der Waals surface area contributed by atoms with Crippen LogP contribution in [0.15, 0.2) is 18.2 Å². The molecule has 0 unspecified atom stereocenters. The number of nitrogens with zero attached hydrogens (tertiary/aromatic N) is 2. The molecule has 0 bridgehead atoms. The molecule has 0 spiro atoms. The van der Waals surface area contributed by atoms with Crippen LogP contribution in [0.5, 0.6) is 0 Å². The third-order valence-electron chi connectivity index (χ3n) is 4.37. The number of carboxylic acids is 1. The van der Waals surface area contributed by atoms with Crippen molar-refractivity contribution in [3.8, 4) is 0 Å². The first kappa shape index (κ1) is 18.7. The number of halogens is 1. The molecule has 6 nitrogen and oxygen atoms in total. The minimum atomic E-state index is -1.11. The van der Waals surface area contributed by atoms with Gasteiger partial charge < -0.3 is 15.3 Å². The highest BCUT2D eigenvalue weighted by atomic mass is 35.5. The highest BCUT2D eigenvalue weighted by Gasteiger charge is 2.20. The summed E-state index contributed by atoms with van der Waals surface area (Å²) in [5.41, 5.74) is 0.431. The van der Waals surface area contributed by atoms with Crippen LogP contribution in [-0.4, -0.2) is 66.6 Å². The first-order chi connectivity index (χ1) is 11.4. The van der Waals surface area contributed by atoms with Crippen LogP contribution < -0.4 is 5.32 Å². The summed E-state index contributed by atoms with van der Waals surface area (Å²) in [5, 5.41) is 12.0. The topological polar surface area (TPSA) is 72.9 Å². The predicted molar refractivity (Wildman–Crippen MR) is 94.8 cm³/mol. The lowest BCUT2D eigenvalue weighted by molar-refractivity contribution is -0.117. The molecule has 1 aromatic rings. The van der Waals surface area contributed by atoms with Gasteiger partial charge in [-0.15, -0.1) is 0 Å². The van der Waals surface area contributed by atoms with Gasteiger partial charge in [-0.2, -0.15) is 0 Å². The third-order valence-corrected chi connectivity index (χ3v) is 4.70. The maximum atomic E-state index is 12.2. The van der Waals surface area contributed by atoms with E-state index in [9.17, 15) is 9.59 Å². The predicted octanol–water partition coefficient (Wildman–Crippen LogP) is 2.39. The van der Waals surface area contributed by atoms with Gasteiger partial charge in [0, 0.05) is 18.3 Å². The van der Waals surface area contributed by atoms with E-state index in [1.54, 1.807) is 6.07 Å². The third kappa shape index (κ3) is 5.19. The fourth-order valence-electron chi connectivity index (χ4n) is 2.98. The lowest BCUT2D eigenvalue weighted by atomic mass is 10.1. The molecule has 132 valence electrons. The van der Waals surface area contributed by atoms with Crippen molar-refractivity contribution in [2.24, 2.45) is 0 Å². The largest absolute Gasteiger partial charge is 0.478 e. The minimum absolute atomic E-state index is 0.0157. The summed E-state index contributed by atoms with van der Waals surface area (Å²) in [7, 11) is 4.18. The lowest BCUT2D eigenvalue weighted by Crippen LogP contribution is -2.35. The Bertz CT molecular complexity index is 607. The van der Waals surface area contributed by atoms with Gasteiger partial charge in [0.05, 0.1) is 17.1 Å². The van der Waals surface area contributed by atoms with Gasteiger partial charge >= 0.3 is 5.97 Å². The number of anilines is 1. The molecule has 1 fully saturated rings. The van der Waals surface area contributed by atoms with Crippen molar-refractivity contribution < 1.29 is 14.7 Å². The maximum absolute atomic E-state index is 12.2. The first-order valence-electron chi connectivity index (χ1n) is 8.08. The van der Waals surface area contributed by atoms with Crippen molar-refractivity contribution in [3.05, 3.63) is 28.8 Å². The minimum Gasteiger partial charge on any atom is -0.478 e. The summed E-state index contributed by atoms with van der Waals surface area (Å²) >= 11 is 5.83. The molecule has 1 saturated heterocycles. The molecule has 1 aromatic carbocycles. The van der Waals surface area contributed by atoms with E-state index in [1.165, 1.54) is 12.1 Å². The zero-order chi connectivity index (χ0) is 17.7. The number of carbonyl (C=O) groups is 2. The number of carbonyl (C=O) groups excluding carboxylic acids is 1. The molecule has 0 saturated carbocycles. The molecule has 0 radical (unpaired) electrons. The fraction of sp³-hybridized carbons (Fsp3) is 0.529. The van der Waals surface area contributed by atoms with Crippen molar-refractivity contribution >= 4 is 29.2 Å². The molecule has 0 aliphatic carbocycles. The van der Waals surface area contributed by atoms with E-state index in [-0.39, 0.29) is 16.5 Å². The molecule has 7 heteroatoms. The number of amides is 1. The Hall–Kier alpha value is -1.63. The van der Waals surface area contributed by atoms with Gasteiger partial charge in [-0.3, -0.25) is 9.69 Å². The summed E-state index contributed by atoms with van der Waals surface area (Å²) in [4.78, 5) is 27.7. The summed E-state index contributed by atoms with van der Waals surface area (Å²) in [6.45, 7) is 2.10. The van der Waals surface area contributed by atoms with Crippen molar-refractivity contribution in [2.75, 3.05) is 39.0 Å². The fourth-order valence-corrected chi connectivity index (χ4v) is 3.18. The van der Waals surface area contributed by atoms with E-state index in [2.05, 4.69) is 29.2 Å². The highest BCUT2D eigenvalue weighted by molar-refractivity contribution is 6.33. The van der Waals surface area contributed by atoms with Crippen LogP contribution in [0.4, 0.5) is 5.69 Å². The molecule has 2 N–H and O–H groups in total. The average Bonchev–Trinajstić information content (AvgIpc) is 2.74. The summed E-state index contributed by atoms with van der Waals surface area (Å²) in [6.07, 6.45) is 3.26. The molecular weight excluding hydrogens is 330 g/mol. The number of rotatable bonds is 5. The highest BCUT2D eigenvalue weighted by Crippen LogP contribution is 2.21. The normalized spacial score (nSPS) is 19.1. The van der Waals surface area contributed by atoms with Crippen LogP contribution >= 0.6 is 11.6 Å². The Labute approximate surface area is 147 Å². The number of carboxylic acid groups (broad SMARTS) is 1. The van der Waals surface area contributed by atoms with E-state index in [0.717, 1.165) is 32.4 Å². The number of hydrogen-bond acceptors (Lipinski definition) is 4. The van der Waals surface area contributed by atoms with Crippen molar-refractivity contribution in [2.45, 2.75) is 25.3 Å². The average molecular weight is 354 g/mol. The smallest absolute Gasteiger partial charge is 0.337 e. The Balaban J connectivity index is 1.91. The van der Waals surface area contributed by atoms with Gasteiger partial charge in [0.25, 0.3) is 0 Å². The van der Waals surface area contributed by atoms with Crippen LogP contribution in [0, 0.1) is 0 Å². The second-order valence-corrected chi connectivity index (χ2v) is 6.78. The molecule has 1 aliphatic rings. The van der Waals surface area contributed by atoms with Crippen LogP contribution in [0.3, 0.4) is 0 Å². The van der Waals surface area contributed by atoms with Gasteiger partial charge in [-0.1, -0.05) is 11.6 Å². The van der Waals surface area contributed by atoms with E-state index in [1.807, 2.05) is 0 Å². The summed E-state index contributed by atoms with van der Waals surface area (Å²) in [6, 6.07) is 5.03. The van der Waals surface area contributed by atoms with Crippen LogP contribution in [-0.2, 0) is 4.79 Å². The monoisotopic (exact) mass is 353 g/mol. The number of likely N-dealkylation sites (tertiary alicyclic amines) is 1. The van der Waals surface area contributed by atoms with E-state index >= 15 is 0 Å².